The van der Waals surface area contributed by atoms with E-state index >= 15 is 0 Å². The van der Waals surface area contributed by atoms with Gasteiger partial charge in [-0.05, 0) is 78.9 Å². The van der Waals surface area contributed by atoms with Crippen LogP contribution in [0, 0.1) is 0 Å². The molecule has 0 saturated heterocycles. The molecule has 46 heavy (non-hydrogen) atoms. The molecule has 238 valence electrons. The number of benzene rings is 4. The molecule has 0 heterocycles. The molecule has 4 N–H and O–H groups in total. The minimum atomic E-state index is -4.01. The molecule has 4 rings (SSSR count). The first kappa shape index (κ1) is 34.2. The number of rotatable bonds is 11. The third-order valence-corrected chi connectivity index (χ3v) is 11.2. The van der Waals surface area contributed by atoms with Gasteiger partial charge in [-0.1, -0.05) is 39.8 Å². The van der Waals surface area contributed by atoms with Crippen molar-refractivity contribution in [3.05, 3.63) is 108 Å². The van der Waals surface area contributed by atoms with Gasteiger partial charge in [-0.15, -0.1) is 0 Å². The van der Waals surface area contributed by atoms with Crippen LogP contribution in [0.15, 0.2) is 117 Å². The summed E-state index contributed by atoms with van der Waals surface area (Å²) in [6.45, 7) is 2.18. The number of sulfonamides is 2. The van der Waals surface area contributed by atoms with Crippen molar-refractivity contribution in [2.24, 2.45) is 0 Å². The number of amides is 4. The molecular formula is C30H26N4O8S4. The van der Waals surface area contributed by atoms with Gasteiger partial charge in [-0.2, -0.15) is 0 Å². The van der Waals surface area contributed by atoms with Crippen LogP contribution in [0.5, 0.6) is 0 Å². The Hall–Kier alpha value is -4.64. The summed E-state index contributed by atoms with van der Waals surface area (Å²) in [5, 5.41) is 5.44. The van der Waals surface area contributed by atoms with E-state index in [9.17, 15) is 36.0 Å². The van der Waals surface area contributed by atoms with Crippen molar-refractivity contribution in [1.82, 2.24) is 9.44 Å². The van der Waals surface area contributed by atoms with Crippen LogP contribution in [0.1, 0.15) is 34.6 Å². The zero-order valence-electron chi connectivity index (χ0n) is 24.1. The molecule has 0 unspecified atom stereocenters. The fourth-order valence-corrected chi connectivity index (χ4v) is 8.01. The van der Waals surface area contributed by atoms with Gasteiger partial charge in [-0.3, -0.25) is 19.2 Å². The Morgan fingerprint density at radius 3 is 1.59 bits per heavy atom. The Morgan fingerprint density at radius 1 is 0.565 bits per heavy atom. The highest BCUT2D eigenvalue weighted by atomic mass is 33.1. The summed E-state index contributed by atoms with van der Waals surface area (Å²) in [5.41, 5.74) is 1.41. The molecule has 4 aromatic rings. The van der Waals surface area contributed by atoms with Gasteiger partial charge < -0.3 is 10.6 Å². The lowest BCUT2D eigenvalue weighted by atomic mass is 10.2. The van der Waals surface area contributed by atoms with Gasteiger partial charge in [0.15, 0.2) is 0 Å². The minimum absolute atomic E-state index is 0.128. The Bertz CT molecular complexity index is 2020. The molecule has 0 spiro atoms. The lowest BCUT2D eigenvalue weighted by Gasteiger charge is -2.11. The zero-order chi connectivity index (χ0) is 33.5. The molecule has 16 heteroatoms. The van der Waals surface area contributed by atoms with E-state index in [1.807, 2.05) is 9.44 Å². The van der Waals surface area contributed by atoms with E-state index in [4.69, 9.17) is 0 Å². The maximum absolute atomic E-state index is 13.1. The molecule has 0 fully saturated rings. The lowest BCUT2D eigenvalue weighted by molar-refractivity contribution is -0.118. The van der Waals surface area contributed by atoms with Crippen molar-refractivity contribution in [2.75, 3.05) is 10.6 Å². The Kier molecular flexibility index (Phi) is 10.9. The van der Waals surface area contributed by atoms with E-state index in [2.05, 4.69) is 10.6 Å². The number of nitrogens with one attached hydrogen (secondary N) is 4. The van der Waals surface area contributed by atoms with Crippen LogP contribution in [0.3, 0.4) is 0 Å². The van der Waals surface area contributed by atoms with Gasteiger partial charge in [-0.25, -0.2) is 26.3 Å². The molecular weight excluding hydrogens is 673 g/mol. The Labute approximate surface area is 273 Å². The van der Waals surface area contributed by atoms with Crippen LogP contribution in [0.4, 0.5) is 11.4 Å². The fourth-order valence-electron chi connectivity index (χ4n) is 3.84. The summed E-state index contributed by atoms with van der Waals surface area (Å²) in [7, 11) is -5.38. The van der Waals surface area contributed by atoms with Gasteiger partial charge in [0.2, 0.25) is 11.8 Å². The number of carbonyl (C=O) groups is 4. The molecule has 0 aromatic heterocycles. The Morgan fingerprint density at radius 2 is 1.07 bits per heavy atom. The first-order valence-electron chi connectivity index (χ1n) is 13.2. The highest BCUT2D eigenvalue weighted by Crippen LogP contribution is 2.39. The first-order chi connectivity index (χ1) is 21.7. The van der Waals surface area contributed by atoms with Crippen molar-refractivity contribution >= 4 is 76.6 Å². The van der Waals surface area contributed by atoms with Crippen LogP contribution in [0.2, 0.25) is 0 Å². The van der Waals surface area contributed by atoms with Gasteiger partial charge in [0.05, 0.1) is 15.4 Å². The minimum Gasteiger partial charge on any atom is -0.322 e. The third-order valence-electron chi connectivity index (χ3n) is 5.86. The molecule has 0 aliphatic rings. The molecule has 12 nitrogen and oxygen atoms in total. The molecule has 0 radical (unpaired) electrons. The van der Waals surface area contributed by atoms with Gasteiger partial charge >= 0.3 is 0 Å². The highest BCUT2D eigenvalue weighted by molar-refractivity contribution is 8.76. The second-order valence-corrected chi connectivity index (χ2v) is 15.1. The zero-order valence-corrected chi connectivity index (χ0v) is 27.4. The second-order valence-electron chi connectivity index (χ2n) is 9.47. The van der Waals surface area contributed by atoms with Crippen molar-refractivity contribution in [1.29, 1.82) is 0 Å². The third kappa shape index (κ3) is 9.20. The van der Waals surface area contributed by atoms with Crippen molar-refractivity contribution < 1.29 is 36.0 Å². The predicted molar refractivity (Wildman–Crippen MR) is 175 cm³/mol. The average Bonchev–Trinajstić information content (AvgIpc) is 2.99. The molecule has 0 atom stereocenters. The van der Waals surface area contributed by atoms with E-state index < -0.39 is 43.7 Å². The van der Waals surface area contributed by atoms with Crippen molar-refractivity contribution in [2.45, 2.75) is 33.4 Å². The standard InChI is InChI=1S/C30H26N4O8S4/c1-19(35)33-45(39,40)25-14-10-22(11-15-25)31-29(37)21-6-5-7-24(18-21)43-44-28-9-4-3-8-27(28)30(38)32-23-12-16-26(17-13-23)46(41,42)34-20(2)36/h3-18H,1-2H3,(H,31,37)(H,32,38)(H,33,35)(H,34,36). The largest absolute Gasteiger partial charge is 0.322 e. The topological polar surface area (TPSA) is 185 Å². The SMILES string of the molecule is CC(=O)NS(=O)(=O)c1ccc(NC(=O)c2cccc(SSc3ccccc3C(=O)Nc3ccc(S(=O)(=O)NC(C)=O)cc3)c2)cc1. The molecule has 0 bridgehead atoms. The maximum atomic E-state index is 13.1. The summed E-state index contributed by atoms with van der Waals surface area (Å²) in [5.74, 6) is -2.29. The summed E-state index contributed by atoms with van der Waals surface area (Å²) < 4.78 is 52.3. The van der Waals surface area contributed by atoms with E-state index in [1.54, 1.807) is 48.5 Å². The van der Waals surface area contributed by atoms with E-state index in [-0.39, 0.29) is 9.79 Å². The summed E-state index contributed by atoms with van der Waals surface area (Å²) >= 11 is 0. The molecule has 4 amide bonds. The van der Waals surface area contributed by atoms with E-state index in [0.717, 1.165) is 18.7 Å². The number of hydrogen-bond acceptors (Lipinski definition) is 10. The smallest absolute Gasteiger partial charge is 0.264 e. The molecule has 0 aliphatic heterocycles. The fraction of sp³-hybridized carbons (Fsp3) is 0.0667. The van der Waals surface area contributed by atoms with Gasteiger partial charge in [0.25, 0.3) is 31.9 Å². The number of carbonyl (C=O) groups excluding carboxylic acids is 4. The average molecular weight is 699 g/mol. The number of anilines is 2. The normalized spacial score (nSPS) is 11.3. The van der Waals surface area contributed by atoms with Crippen molar-refractivity contribution in [3.8, 4) is 0 Å². The monoisotopic (exact) mass is 698 g/mol. The quantitative estimate of drug-likeness (QED) is 0.161. The van der Waals surface area contributed by atoms with Crippen LogP contribution in [-0.2, 0) is 29.6 Å². The predicted octanol–water partition coefficient (Wildman–Crippen LogP) is 4.64. The van der Waals surface area contributed by atoms with Crippen LogP contribution >= 0.6 is 21.6 Å². The van der Waals surface area contributed by atoms with Crippen LogP contribution in [0.25, 0.3) is 0 Å². The first-order valence-corrected chi connectivity index (χ1v) is 18.3. The van der Waals surface area contributed by atoms with Crippen LogP contribution in [-0.4, -0.2) is 40.5 Å². The van der Waals surface area contributed by atoms with E-state index in [0.29, 0.717) is 27.4 Å². The van der Waals surface area contributed by atoms with Crippen LogP contribution < -0.4 is 20.1 Å². The summed E-state index contributed by atoms with van der Waals surface area (Å²) in [6, 6.07) is 24.4. The van der Waals surface area contributed by atoms with Crippen molar-refractivity contribution in [3.63, 3.8) is 0 Å². The summed E-state index contributed by atoms with van der Waals surface area (Å²) in [4.78, 5) is 49.4. The molecule has 0 aliphatic carbocycles. The lowest BCUT2D eigenvalue weighted by Crippen LogP contribution is -2.28. The number of hydrogen-bond donors (Lipinski definition) is 4. The second kappa shape index (κ2) is 14.6. The highest BCUT2D eigenvalue weighted by Gasteiger charge is 2.18. The molecule has 0 saturated carbocycles. The van der Waals surface area contributed by atoms with Gasteiger partial charge in [0.1, 0.15) is 0 Å². The maximum Gasteiger partial charge on any atom is 0.264 e. The Balaban J connectivity index is 1.39. The van der Waals surface area contributed by atoms with Gasteiger partial charge in [0, 0.05) is 40.6 Å². The van der Waals surface area contributed by atoms with E-state index in [1.165, 1.54) is 70.1 Å². The molecule has 4 aromatic carbocycles. The summed E-state index contributed by atoms with van der Waals surface area (Å²) in [6.07, 6.45) is 0.